The predicted molar refractivity (Wildman–Crippen MR) is 117 cm³/mol. The number of amides is 1. The number of ether oxygens (including phenoxy) is 1. The van der Waals surface area contributed by atoms with Gasteiger partial charge in [0.15, 0.2) is 5.96 Å². The van der Waals surface area contributed by atoms with Crippen LogP contribution in [0.3, 0.4) is 0 Å². The Hall–Kier alpha value is -1.51. The van der Waals surface area contributed by atoms with Crippen LogP contribution in [0.1, 0.15) is 32.3 Å². The van der Waals surface area contributed by atoms with Crippen molar-refractivity contribution >= 4 is 35.8 Å². The zero-order chi connectivity index (χ0) is 18.1. The van der Waals surface area contributed by atoms with Gasteiger partial charge in [0.25, 0.3) is 0 Å². The largest absolute Gasteiger partial charge is 0.497 e. The molecular weight excluding hydrogens is 443 g/mol. The summed E-state index contributed by atoms with van der Waals surface area (Å²) >= 11 is 0. The molecule has 2 N–H and O–H groups in total. The van der Waals surface area contributed by atoms with Crippen molar-refractivity contribution in [3.8, 4) is 5.75 Å². The van der Waals surface area contributed by atoms with Crippen LogP contribution < -0.4 is 15.4 Å². The number of carbonyl (C=O) groups is 1. The van der Waals surface area contributed by atoms with Crippen LogP contribution >= 0.6 is 24.0 Å². The molecule has 0 radical (unpaired) electrons. The van der Waals surface area contributed by atoms with Gasteiger partial charge in [0.2, 0.25) is 5.91 Å². The molecule has 146 valence electrons. The summed E-state index contributed by atoms with van der Waals surface area (Å²) in [6.45, 7) is 7.09. The van der Waals surface area contributed by atoms with Gasteiger partial charge in [-0.1, -0.05) is 19.1 Å². The van der Waals surface area contributed by atoms with Crippen molar-refractivity contribution in [2.75, 3.05) is 33.3 Å². The van der Waals surface area contributed by atoms with E-state index in [2.05, 4.69) is 34.7 Å². The molecule has 0 aromatic heterocycles. The maximum Gasteiger partial charge on any atom is 0.222 e. The lowest BCUT2D eigenvalue weighted by Crippen LogP contribution is -2.45. The molecule has 1 saturated heterocycles. The number of guanidine groups is 1. The van der Waals surface area contributed by atoms with E-state index in [0.29, 0.717) is 13.0 Å². The summed E-state index contributed by atoms with van der Waals surface area (Å²) in [6.07, 6.45) is 2.42. The fourth-order valence-corrected chi connectivity index (χ4v) is 2.93. The average molecular weight is 474 g/mol. The molecule has 7 heteroatoms. The lowest BCUT2D eigenvalue weighted by Gasteiger charge is -2.18. The molecule has 0 saturated carbocycles. The van der Waals surface area contributed by atoms with Gasteiger partial charge in [0.1, 0.15) is 5.75 Å². The van der Waals surface area contributed by atoms with Gasteiger partial charge in [-0.15, -0.1) is 24.0 Å². The Balaban J connectivity index is 0.00000338. The second-order valence-corrected chi connectivity index (χ2v) is 6.18. The van der Waals surface area contributed by atoms with Crippen LogP contribution in [0, 0.1) is 0 Å². The lowest BCUT2D eigenvalue weighted by molar-refractivity contribution is -0.129. The molecule has 2 rings (SSSR count). The summed E-state index contributed by atoms with van der Waals surface area (Å²) < 4.78 is 5.18. The number of aliphatic imine (C=N–C) groups is 1. The fraction of sp³-hybridized carbons (Fsp3) is 0.579. The minimum atomic E-state index is 0. The van der Waals surface area contributed by atoms with Gasteiger partial charge in [-0.05, 0) is 37.5 Å². The molecule has 0 aliphatic carbocycles. The number of nitrogens with zero attached hydrogens (tertiary/aromatic N) is 2. The summed E-state index contributed by atoms with van der Waals surface area (Å²) in [4.78, 5) is 18.4. The molecule has 1 unspecified atom stereocenters. The van der Waals surface area contributed by atoms with E-state index in [9.17, 15) is 4.79 Å². The van der Waals surface area contributed by atoms with Gasteiger partial charge in [-0.2, -0.15) is 0 Å². The van der Waals surface area contributed by atoms with E-state index in [-0.39, 0.29) is 35.9 Å². The molecular formula is C19H31IN4O2. The molecule has 1 aliphatic rings. The van der Waals surface area contributed by atoms with Gasteiger partial charge in [-0.25, -0.2) is 0 Å². The highest BCUT2D eigenvalue weighted by Crippen LogP contribution is 2.12. The molecule has 0 bridgehead atoms. The quantitative estimate of drug-likeness (QED) is 0.362. The molecule has 1 aromatic carbocycles. The number of carbonyl (C=O) groups excluding carboxylic acids is 1. The Kier molecular flexibility index (Phi) is 10.4. The van der Waals surface area contributed by atoms with Crippen LogP contribution in [-0.4, -0.2) is 56.1 Å². The third-order valence-corrected chi connectivity index (χ3v) is 4.36. The van der Waals surface area contributed by atoms with E-state index in [4.69, 9.17) is 4.74 Å². The Morgan fingerprint density at radius 3 is 2.65 bits per heavy atom. The van der Waals surface area contributed by atoms with Crippen LogP contribution in [0.4, 0.5) is 0 Å². The van der Waals surface area contributed by atoms with Crippen molar-refractivity contribution in [3.63, 3.8) is 0 Å². The zero-order valence-electron chi connectivity index (χ0n) is 16.0. The second kappa shape index (κ2) is 12.0. The summed E-state index contributed by atoms with van der Waals surface area (Å²) in [6, 6.07) is 8.36. The molecule has 6 nitrogen and oxygen atoms in total. The topological polar surface area (TPSA) is 66.0 Å². The highest BCUT2D eigenvalue weighted by molar-refractivity contribution is 14.0. The average Bonchev–Trinajstić information content (AvgIpc) is 3.10. The number of hydrogen-bond donors (Lipinski definition) is 2. The van der Waals surface area contributed by atoms with Gasteiger partial charge in [-0.3, -0.25) is 9.79 Å². The molecule has 1 atom stereocenters. The Bertz CT molecular complexity index is 577. The molecule has 1 aliphatic heterocycles. The number of halogens is 1. The number of hydrogen-bond acceptors (Lipinski definition) is 3. The first kappa shape index (κ1) is 22.5. The Morgan fingerprint density at radius 1 is 1.31 bits per heavy atom. The van der Waals surface area contributed by atoms with E-state index in [1.165, 1.54) is 5.56 Å². The van der Waals surface area contributed by atoms with Crippen molar-refractivity contribution < 1.29 is 9.53 Å². The molecule has 1 amide bonds. The van der Waals surface area contributed by atoms with E-state index in [1.54, 1.807) is 7.11 Å². The number of nitrogens with one attached hydrogen (secondary N) is 2. The monoisotopic (exact) mass is 474 g/mol. The van der Waals surface area contributed by atoms with Gasteiger partial charge >= 0.3 is 0 Å². The molecule has 26 heavy (non-hydrogen) atoms. The highest BCUT2D eigenvalue weighted by atomic mass is 127. The van der Waals surface area contributed by atoms with E-state index >= 15 is 0 Å². The van der Waals surface area contributed by atoms with E-state index < -0.39 is 0 Å². The van der Waals surface area contributed by atoms with Crippen LogP contribution in [-0.2, 0) is 11.2 Å². The zero-order valence-corrected chi connectivity index (χ0v) is 18.3. The Labute approximate surface area is 173 Å². The minimum absolute atomic E-state index is 0. The maximum atomic E-state index is 11.8. The standard InChI is InChI=1S/C19H30N4O2.HI/c1-4-18(24)23-13-11-16(14-23)22-19(20-5-2)21-12-10-15-6-8-17(25-3)9-7-15;/h6-9,16H,4-5,10-14H2,1-3H3,(H2,20,21,22);1H. The number of rotatable bonds is 7. The highest BCUT2D eigenvalue weighted by Gasteiger charge is 2.25. The van der Waals surface area contributed by atoms with Crippen molar-refractivity contribution in [1.82, 2.24) is 15.5 Å². The predicted octanol–water partition coefficient (Wildman–Crippen LogP) is 2.42. The van der Waals surface area contributed by atoms with Crippen LogP contribution in [0.2, 0.25) is 0 Å². The van der Waals surface area contributed by atoms with Crippen LogP contribution in [0.5, 0.6) is 5.75 Å². The smallest absolute Gasteiger partial charge is 0.222 e. The molecule has 1 fully saturated rings. The minimum Gasteiger partial charge on any atom is -0.497 e. The van der Waals surface area contributed by atoms with Crippen molar-refractivity contribution in [3.05, 3.63) is 29.8 Å². The Morgan fingerprint density at radius 2 is 2.04 bits per heavy atom. The van der Waals surface area contributed by atoms with E-state index in [1.807, 2.05) is 24.0 Å². The first-order chi connectivity index (χ1) is 12.2. The summed E-state index contributed by atoms with van der Waals surface area (Å²) in [7, 11) is 1.67. The molecule has 0 spiro atoms. The van der Waals surface area contributed by atoms with Crippen molar-refractivity contribution in [1.29, 1.82) is 0 Å². The number of likely N-dealkylation sites (tertiary alicyclic amines) is 1. The molecule has 1 aromatic rings. The van der Waals surface area contributed by atoms with Gasteiger partial charge in [0, 0.05) is 38.6 Å². The van der Waals surface area contributed by atoms with Crippen LogP contribution in [0.15, 0.2) is 29.3 Å². The SMILES string of the molecule is CCNC(=NCCc1ccc(OC)cc1)NC1CCN(C(=O)CC)C1.I. The summed E-state index contributed by atoms with van der Waals surface area (Å²) in [5.74, 6) is 1.92. The normalized spacial score (nSPS) is 16.8. The summed E-state index contributed by atoms with van der Waals surface area (Å²) in [5.41, 5.74) is 1.24. The second-order valence-electron chi connectivity index (χ2n) is 6.18. The first-order valence-electron chi connectivity index (χ1n) is 9.11. The van der Waals surface area contributed by atoms with Gasteiger partial charge < -0.3 is 20.3 Å². The number of benzene rings is 1. The van der Waals surface area contributed by atoms with E-state index in [0.717, 1.165) is 44.2 Å². The lowest BCUT2D eigenvalue weighted by atomic mass is 10.1. The van der Waals surface area contributed by atoms with Crippen LogP contribution in [0.25, 0.3) is 0 Å². The maximum absolute atomic E-state index is 11.8. The number of methoxy groups -OCH3 is 1. The van der Waals surface area contributed by atoms with Crippen molar-refractivity contribution in [2.24, 2.45) is 4.99 Å². The molecule has 1 heterocycles. The third kappa shape index (κ3) is 7.01. The third-order valence-electron chi connectivity index (χ3n) is 4.36. The van der Waals surface area contributed by atoms with Gasteiger partial charge in [0.05, 0.1) is 7.11 Å². The first-order valence-corrected chi connectivity index (χ1v) is 9.11. The van der Waals surface area contributed by atoms with Crippen molar-refractivity contribution in [2.45, 2.75) is 39.2 Å². The summed E-state index contributed by atoms with van der Waals surface area (Å²) in [5, 5.41) is 6.74. The fourth-order valence-electron chi connectivity index (χ4n) is 2.93.